The number of anilines is 2. The van der Waals surface area contributed by atoms with Crippen LogP contribution in [0, 0.1) is 5.82 Å². The lowest BCUT2D eigenvalue weighted by Crippen LogP contribution is -2.16. The van der Waals surface area contributed by atoms with Crippen molar-refractivity contribution < 1.29 is 27.5 Å². The summed E-state index contributed by atoms with van der Waals surface area (Å²) in [5.41, 5.74) is 0.553. The number of nitrogens with one attached hydrogen (secondary N) is 2. The van der Waals surface area contributed by atoms with Crippen molar-refractivity contribution in [3.8, 4) is 5.75 Å². The molecule has 1 heterocycles. The Labute approximate surface area is 175 Å². The van der Waals surface area contributed by atoms with Crippen LogP contribution in [-0.4, -0.2) is 23.4 Å². The topological polar surface area (TPSA) is 80.3 Å². The molecule has 158 valence electrons. The first-order chi connectivity index (χ1) is 14.9. The second-order valence-corrected chi connectivity index (χ2v) is 6.10. The van der Waals surface area contributed by atoms with Gasteiger partial charge >= 0.3 is 6.61 Å². The summed E-state index contributed by atoms with van der Waals surface area (Å²) in [5, 5.41) is 5.00. The number of ether oxygens (including phenoxy) is 1. The van der Waals surface area contributed by atoms with Crippen LogP contribution in [0.15, 0.2) is 72.9 Å². The molecule has 3 aromatic rings. The number of amides is 2. The number of carbonyl (C=O) groups is 2. The maximum absolute atomic E-state index is 13.7. The van der Waals surface area contributed by atoms with Crippen LogP contribution < -0.4 is 15.4 Å². The number of hydrogen-bond donors (Lipinski definition) is 2. The summed E-state index contributed by atoms with van der Waals surface area (Å²) in [4.78, 5) is 28.5. The number of hydrogen-bond acceptors (Lipinski definition) is 4. The molecule has 9 heteroatoms. The number of carbonyl (C=O) groups excluding carboxylic acids is 2. The largest absolute Gasteiger partial charge is 0.434 e. The van der Waals surface area contributed by atoms with Crippen LogP contribution in [0.1, 0.15) is 16.1 Å². The molecule has 0 radical (unpaired) electrons. The molecule has 0 aliphatic rings. The Morgan fingerprint density at radius 1 is 0.968 bits per heavy atom. The predicted octanol–water partition coefficient (Wildman–Crippen LogP) is 4.73. The van der Waals surface area contributed by atoms with Gasteiger partial charge in [-0.15, -0.1) is 0 Å². The van der Waals surface area contributed by atoms with Crippen LogP contribution >= 0.6 is 0 Å². The number of halogens is 3. The lowest BCUT2D eigenvalue weighted by atomic mass is 10.2. The fourth-order valence-corrected chi connectivity index (χ4v) is 2.57. The highest BCUT2D eigenvalue weighted by Crippen LogP contribution is 2.24. The Bertz CT molecular complexity index is 1110. The Balaban J connectivity index is 1.75. The van der Waals surface area contributed by atoms with Crippen LogP contribution in [-0.2, 0) is 4.79 Å². The maximum Gasteiger partial charge on any atom is 0.387 e. The minimum absolute atomic E-state index is 0.0102. The van der Waals surface area contributed by atoms with E-state index in [1.54, 1.807) is 18.2 Å². The quantitative estimate of drug-likeness (QED) is 0.535. The van der Waals surface area contributed by atoms with Crippen molar-refractivity contribution in [3.05, 3.63) is 90.0 Å². The van der Waals surface area contributed by atoms with Gasteiger partial charge in [-0.3, -0.25) is 14.6 Å². The fraction of sp³-hybridized carbons (Fsp3) is 0.0455. The highest BCUT2D eigenvalue weighted by molar-refractivity contribution is 6.08. The Hall–Kier alpha value is -4.14. The standard InChI is InChI=1S/C22H16F3N3O3/c23-15-9-10-16(28-21(30)17-6-3-4-12-26-17)18(13-15)27-20(29)11-8-14-5-1-2-7-19(14)31-22(24)25/h1-13,22H,(H,27,29)(H,28,30)/b11-8+. The van der Waals surface area contributed by atoms with Gasteiger partial charge in [0.15, 0.2) is 0 Å². The minimum Gasteiger partial charge on any atom is -0.434 e. The van der Waals surface area contributed by atoms with Crippen molar-refractivity contribution in [3.63, 3.8) is 0 Å². The first kappa shape index (κ1) is 21.6. The lowest BCUT2D eigenvalue weighted by molar-refractivity contribution is -0.111. The zero-order valence-corrected chi connectivity index (χ0v) is 15.9. The van der Waals surface area contributed by atoms with Gasteiger partial charge < -0.3 is 15.4 Å². The van der Waals surface area contributed by atoms with Gasteiger partial charge in [-0.25, -0.2) is 4.39 Å². The number of benzene rings is 2. The average molecular weight is 427 g/mol. The number of pyridine rings is 1. The summed E-state index contributed by atoms with van der Waals surface area (Å²) in [6.45, 7) is -3.01. The molecule has 0 aliphatic carbocycles. The van der Waals surface area contributed by atoms with Gasteiger partial charge in [0.2, 0.25) is 5.91 Å². The highest BCUT2D eigenvalue weighted by atomic mass is 19.3. The van der Waals surface area contributed by atoms with E-state index in [9.17, 15) is 22.8 Å². The summed E-state index contributed by atoms with van der Waals surface area (Å²) >= 11 is 0. The number of rotatable bonds is 7. The molecule has 0 unspecified atom stereocenters. The third kappa shape index (κ3) is 6.17. The molecule has 0 saturated heterocycles. The van der Waals surface area contributed by atoms with Gasteiger partial charge in [-0.2, -0.15) is 8.78 Å². The summed E-state index contributed by atoms with van der Waals surface area (Å²) in [6.07, 6.45) is 3.80. The number of nitrogens with zero attached hydrogens (tertiary/aromatic N) is 1. The Morgan fingerprint density at radius 2 is 1.74 bits per heavy atom. The van der Waals surface area contributed by atoms with Crippen LogP contribution in [0.25, 0.3) is 6.08 Å². The molecule has 1 aromatic heterocycles. The summed E-state index contributed by atoms with van der Waals surface area (Å²) in [5.74, 6) is -1.96. The normalized spacial score (nSPS) is 10.8. The van der Waals surface area contributed by atoms with E-state index in [0.29, 0.717) is 0 Å². The summed E-state index contributed by atoms with van der Waals surface area (Å²) < 4.78 is 43.1. The van der Waals surface area contributed by atoms with E-state index in [-0.39, 0.29) is 28.4 Å². The molecule has 2 aromatic carbocycles. The van der Waals surface area contributed by atoms with Crippen molar-refractivity contribution in [2.75, 3.05) is 10.6 Å². The van der Waals surface area contributed by atoms with E-state index in [4.69, 9.17) is 0 Å². The van der Waals surface area contributed by atoms with Crippen LogP contribution in [0.2, 0.25) is 0 Å². The second-order valence-electron chi connectivity index (χ2n) is 6.10. The van der Waals surface area contributed by atoms with E-state index >= 15 is 0 Å². The third-order valence-corrected chi connectivity index (χ3v) is 3.93. The molecule has 31 heavy (non-hydrogen) atoms. The van der Waals surface area contributed by atoms with Crippen molar-refractivity contribution in [2.24, 2.45) is 0 Å². The van der Waals surface area contributed by atoms with Gasteiger partial charge in [0, 0.05) is 17.8 Å². The SMILES string of the molecule is O=C(/C=C/c1ccccc1OC(F)F)Nc1cc(F)ccc1NC(=O)c1ccccn1. The lowest BCUT2D eigenvalue weighted by Gasteiger charge is -2.11. The zero-order chi connectivity index (χ0) is 22.2. The molecule has 0 aliphatic heterocycles. The Morgan fingerprint density at radius 3 is 2.48 bits per heavy atom. The van der Waals surface area contributed by atoms with Crippen molar-refractivity contribution in [2.45, 2.75) is 6.61 Å². The van der Waals surface area contributed by atoms with E-state index in [1.807, 2.05) is 0 Å². The first-order valence-electron chi connectivity index (χ1n) is 8.97. The highest BCUT2D eigenvalue weighted by Gasteiger charge is 2.13. The van der Waals surface area contributed by atoms with Gasteiger partial charge in [0.1, 0.15) is 17.3 Å². The van der Waals surface area contributed by atoms with Crippen molar-refractivity contribution >= 4 is 29.3 Å². The smallest absolute Gasteiger partial charge is 0.387 e. The molecular weight excluding hydrogens is 411 g/mol. The molecule has 3 rings (SSSR count). The maximum atomic E-state index is 13.7. The molecule has 6 nitrogen and oxygen atoms in total. The Kier molecular flexibility index (Phi) is 7.00. The van der Waals surface area contributed by atoms with Gasteiger partial charge in [-0.05, 0) is 42.5 Å². The molecule has 0 saturated carbocycles. The average Bonchev–Trinajstić information content (AvgIpc) is 2.75. The van der Waals surface area contributed by atoms with Crippen LogP contribution in [0.4, 0.5) is 24.5 Å². The molecule has 2 amide bonds. The predicted molar refractivity (Wildman–Crippen MR) is 109 cm³/mol. The minimum atomic E-state index is -3.01. The molecule has 0 fully saturated rings. The van der Waals surface area contributed by atoms with Crippen molar-refractivity contribution in [1.82, 2.24) is 4.98 Å². The van der Waals surface area contributed by atoms with Crippen LogP contribution in [0.5, 0.6) is 5.75 Å². The summed E-state index contributed by atoms with van der Waals surface area (Å²) in [6, 6.07) is 14.2. The van der Waals surface area contributed by atoms with E-state index < -0.39 is 24.2 Å². The van der Waals surface area contributed by atoms with E-state index in [1.165, 1.54) is 42.6 Å². The third-order valence-electron chi connectivity index (χ3n) is 3.93. The number of alkyl halides is 2. The van der Waals surface area contributed by atoms with Gasteiger partial charge in [-0.1, -0.05) is 24.3 Å². The fourth-order valence-electron chi connectivity index (χ4n) is 2.57. The molecule has 2 N–H and O–H groups in total. The monoisotopic (exact) mass is 427 g/mol. The molecular formula is C22H16F3N3O3. The first-order valence-corrected chi connectivity index (χ1v) is 8.97. The van der Waals surface area contributed by atoms with Gasteiger partial charge in [0.25, 0.3) is 5.91 Å². The number of para-hydroxylation sites is 1. The van der Waals surface area contributed by atoms with Crippen LogP contribution in [0.3, 0.4) is 0 Å². The molecule has 0 spiro atoms. The van der Waals surface area contributed by atoms with E-state index in [0.717, 1.165) is 18.2 Å². The summed E-state index contributed by atoms with van der Waals surface area (Å²) in [7, 11) is 0. The van der Waals surface area contributed by atoms with Gasteiger partial charge in [0.05, 0.1) is 11.4 Å². The molecule has 0 bridgehead atoms. The second kappa shape index (κ2) is 10.1. The van der Waals surface area contributed by atoms with E-state index in [2.05, 4.69) is 20.4 Å². The zero-order valence-electron chi connectivity index (χ0n) is 15.9. The van der Waals surface area contributed by atoms with Crippen molar-refractivity contribution in [1.29, 1.82) is 0 Å². The molecule has 0 atom stereocenters. The number of aromatic nitrogens is 1.